The third-order valence-electron chi connectivity index (χ3n) is 2.52. The van der Waals surface area contributed by atoms with Gasteiger partial charge in [-0.3, -0.25) is 14.4 Å². The first kappa shape index (κ1) is 13.9. The Balaban J connectivity index is 2.81. The van der Waals surface area contributed by atoms with E-state index in [0.29, 0.717) is 11.3 Å². The summed E-state index contributed by atoms with van der Waals surface area (Å²) in [6.07, 6.45) is -0.117. The van der Waals surface area contributed by atoms with Gasteiger partial charge in [0, 0.05) is 25.3 Å². The van der Waals surface area contributed by atoms with E-state index in [1.54, 1.807) is 38.4 Å². The average Bonchev–Trinajstić information content (AvgIpc) is 2.36. The minimum atomic E-state index is -0.268. The van der Waals surface area contributed by atoms with Gasteiger partial charge < -0.3 is 10.2 Å². The van der Waals surface area contributed by atoms with Gasteiger partial charge >= 0.3 is 0 Å². The summed E-state index contributed by atoms with van der Waals surface area (Å²) in [7, 11) is 3.15. The summed E-state index contributed by atoms with van der Waals surface area (Å²) in [4.78, 5) is 35.3. The maximum atomic E-state index is 11.7. The molecule has 0 bridgehead atoms. The van der Waals surface area contributed by atoms with Crippen LogP contribution in [0.25, 0.3) is 0 Å². The van der Waals surface area contributed by atoms with Crippen molar-refractivity contribution < 1.29 is 14.4 Å². The van der Waals surface area contributed by atoms with E-state index in [2.05, 4.69) is 5.32 Å². The molecule has 0 atom stereocenters. The van der Waals surface area contributed by atoms with E-state index in [1.807, 2.05) is 0 Å². The fourth-order valence-corrected chi connectivity index (χ4v) is 1.46. The molecule has 1 rings (SSSR count). The molecule has 0 spiro atoms. The van der Waals surface area contributed by atoms with Crippen LogP contribution in [0.3, 0.4) is 0 Å². The van der Waals surface area contributed by atoms with Crippen LogP contribution < -0.4 is 10.2 Å². The minimum absolute atomic E-state index is 0.117. The molecule has 0 aliphatic rings. The van der Waals surface area contributed by atoms with Crippen molar-refractivity contribution in [2.24, 2.45) is 0 Å². The molecule has 0 radical (unpaired) electrons. The number of nitrogens with zero attached hydrogens (tertiary/aromatic N) is 1. The first-order chi connectivity index (χ1) is 8.45. The zero-order valence-electron chi connectivity index (χ0n) is 10.7. The summed E-state index contributed by atoms with van der Waals surface area (Å²) in [5.41, 5.74) is 1.17. The van der Waals surface area contributed by atoms with Crippen molar-refractivity contribution in [2.75, 3.05) is 19.0 Å². The Bertz CT molecular complexity index is 466. The van der Waals surface area contributed by atoms with Crippen LogP contribution in [0.2, 0.25) is 0 Å². The second-order valence-corrected chi connectivity index (χ2v) is 3.96. The number of Topliss-reactive ketones (excluding diaryl/α,β-unsaturated/α-hetero) is 1. The van der Waals surface area contributed by atoms with Crippen LogP contribution in [0.4, 0.5) is 5.69 Å². The van der Waals surface area contributed by atoms with Gasteiger partial charge in [0.15, 0.2) is 0 Å². The first-order valence-corrected chi connectivity index (χ1v) is 5.54. The molecule has 96 valence electrons. The number of amides is 2. The summed E-state index contributed by atoms with van der Waals surface area (Å²) < 4.78 is 0. The summed E-state index contributed by atoms with van der Waals surface area (Å²) in [6.45, 7) is 1.38. The number of nitrogens with one attached hydrogen (secondary N) is 1. The maximum Gasteiger partial charge on any atom is 0.251 e. The van der Waals surface area contributed by atoms with Gasteiger partial charge in [-0.15, -0.1) is 0 Å². The smallest absolute Gasteiger partial charge is 0.251 e. The predicted octanol–water partition coefficient (Wildman–Crippen LogP) is 0.988. The van der Waals surface area contributed by atoms with Crippen LogP contribution in [0.1, 0.15) is 23.7 Å². The summed E-state index contributed by atoms with van der Waals surface area (Å²) in [6, 6.07) is 6.60. The lowest BCUT2D eigenvalue weighted by Crippen LogP contribution is -2.27. The molecule has 1 aromatic carbocycles. The van der Waals surface area contributed by atoms with E-state index in [0.717, 1.165) is 0 Å². The largest absolute Gasteiger partial charge is 0.355 e. The van der Waals surface area contributed by atoms with Crippen LogP contribution in [0.5, 0.6) is 0 Å². The maximum absolute atomic E-state index is 11.7. The van der Waals surface area contributed by atoms with Crippen LogP contribution in [0, 0.1) is 0 Å². The molecule has 1 aromatic rings. The van der Waals surface area contributed by atoms with Crippen LogP contribution >= 0.6 is 0 Å². The van der Waals surface area contributed by atoms with Crippen molar-refractivity contribution in [1.29, 1.82) is 0 Å². The number of anilines is 1. The number of carbonyl (C=O) groups excluding carboxylic acids is 3. The highest BCUT2D eigenvalue weighted by Gasteiger charge is 2.13. The molecule has 0 saturated carbocycles. The van der Waals surface area contributed by atoms with Crippen LogP contribution in [-0.2, 0) is 9.59 Å². The van der Waals surface area contributed by atoms with Crippen LogP contribution in [-0.4, -0.2) is 31.7 Å². The monoisotopic (exact) mass is 248 g/mol. The molecular formula is C13H16N2O3. The van der Waals surface area contributed by atoms with E-state index in [4.69, 9.17) is 0 Å². The molecule has 0 aromatic heterocycles. The fourth-order valence-electron chi connectivity index (χ4n) is 1.46. The Morgan fingerprint density at radius 2 is 1.72 bits per heavy atom. The molecule has 0 saturated heterocycles. The summed E-state index contributed by atoms with van der Waals surface area (Å²) in [5.74, 6) is -0.622. The fraction of sp³-hybridized carbons (Fsp3) is 0.308. The zero-order valence-corrected chi connectivity index (χ0v) is 10.7. The summed E-state index contributed by atoms with van der Waals surface area (Å²) >= 11 is 0. The minimum Gasteiger partial charge on any atom is -0.355 e. The third kappa shape index (κ3) is 3.41. The molecule has 0 heterocycles. The molecule has 0 unspecified atom stereocenters. The van der Waals surface area contributed by atoms with Gasteiger partial charge in [-0.2, -0.15) is 0 Å². The third-order valence-corrected chi connectivity index (χ3v) is 2.52. The molecule has 5 heteroatoms. The zero-order chi connectivity index (χ0) is 13.7. The quantitative estimate of drug-likeness (QED) is 0.808. The Morgan fingerprint density at radius 1 is 1.17 bits per heavy atom. The van der Waals surface area contributed by atoms with E-state index in [9.17, 15) is 14.4 Å². The molecule has 5 nitrogen and oxygen atoms in total. The van der Waals surface area contributed by atoms with Crippen molar-refractivity contribution >= 4 is 23.3 Å². The molecule has 2 amide bonds. The van der Waals surface area contributed by atoms with Crippen molar-refractivity contribution in [1.82, 2.24) is 5.32 Å². The number of hydrogen-bond donors (Lipinski definition) is 1. The molecule has 0 aliphatic heterocycles. The van der Waals surface area contributed by atoms with Crippen molar-refractivity contribution in [3.05, 3.63) is 29.8 Å². The molecular weight excluding hydrogens is 232 g/mol. The normalized spacial score (nSPS) is 9.72. The van der Waals surface area contributed by atoms with Gasteiger partial charge in [-0.05, 0) is 31.2 Å². The molecule has 0 aliphatic carbocycles. The molecule has 0 fully saturated rings. The topological polar surface area (TPSA) is 66.5 Å². The number of carbonyl (C=O) groups is 3. The van der Waals surface area contributed by atoms with Crippen molar-refractivity contribution in [3.8, 4) is 0 Å². The van der Waals surface area contributed by atoms with Gasteiger partial charge in [0.05, 0.1) is 6.42 Å². The average molecular weight is 248 g/mol. The van der Waals surface area contributed by atoms with E-state index >= 15 is 0 Å². The summed E-state index contributed by atoms with van der Waals surface area (Å²) in [5, 5.41) is 2.51. The molecule has 1 N–H and O–H groups in total. The number of hydrogen-bond acceptors (Lipinski definition) is 3. The first-order valence-electron chi connectivity index (χ1n) is 5.54. The van der Waals surface area contributed by atoms with Crippen LogP contribution in [0.15, 0.2) is 24.3 Å². The van der Waals surface area contributed by atoms with Gasteiger partial charge in [-0.1, -0.05) is 0 Å². The Kier molecular flexibility index (Phi) is 4.59. The molecule has 18 heavy (non-hydrogen) atoms. The number of benzene rings is 1. The van der Waals surface area contributed by atoms with E-state index in [-0.39, 0.29) is 24.0 Å². The second-order valence-electron chi connectivity index (χ2n) is 3.96. The Labute approximate surface area is 106 Å². The van der Waals surface area contributed by atoms with Crippen molar-refractivity contribution in [3.63, 3.8) is 0 Å². The van der Waals surface area contributed by atoms with Gasteiger partial charge in [0.1, 0.15) is 5.78 Å². The lowest BCUT2D eigenvalue weighted by Gasteiger charge is -2.16. The lowest BCUT2D eigenvalue weighted by atomic mass is 10.1. The van der Waals surface area contributed by atoms with Crippen molar-refractivity contribution in [2.45, 2.75) is 13.3 Å². The highest BCUT2D eigenvalue weighted by molar-refractivity contribution is 6.04. The van der Waals surface area contributed by atoms with Gasteiger partial charge in [0.25, 0.3) is 5.91 Å². The van der Waals surface area contributed by atoms with Gasteiger partial charge in [-0.25, -0.2) is 0 Å². The predicted molar refractivity (Wildman–Crippen MR) is 68.5 cm³/mol. The second kappa shape index (κ2) is 5.95. The number of ketones is 1. The number of rotatable bonds is 4. The highest BCUT2D eigenvalue weighted by Crippen LogP contribution is 2.14. The SMILES string of the molecule is CNC(=O)c1ccc(N(C)C(=O)CC(C)=O)cc1. The van der Waals surface area contributed by atoms with E-state index in [1.165, 1.54) is 11.8 Å². The highest BCUT2D eigenvalue weighted by atomic mass is 16.2. The lowest BCUT2D eigenvalue weighted by molar-refractivity contribution is -0.125. The van der Waals surface area contributed by atoms with E-state index < -0.39 is 0 Å². The Morgan fingerprint density at radius 3 is 2.17 bits per heavy atom. The standard InChI is InChI=1S/C13H16N2O3/c1-9(16)8-12(17)15(3)11-6-4-10(5-7-11)13(18)14-2/h4-7H,8H2,1-3H3,(H,14,18). The van der Waals surface area contributed by atoms with Gasteiger partial charge in [0.2, 0.25) is 5.91 Å². The Hall–Kier alpha value is -2.17.